The fraction of sp³-hybridized carbons (Fsp3) is 0.765. The predicted octanol–water partition coefficient (Wildman–Crippen LogP) is 1.74. The molecule has 0 aromatic carbocycles. The van der Waals surface area contributed by atoms with Gasteiger partial charge in [-0.1, -0.05) is 13.8 Å². The van der Waals surface area contributed by atoms with E-state index < -0.39 is 35.8 Å². The van der Waals surface area contributed by atoms with Gasteiger partial charge >= 0.3 is 18.2 Å². The van der Waals surface area contributed by atoms with Crippen molar-refractivity contribution in [1.29, 1.82) is 0 Å². The van der Waals surface area contributed by atoms with Crippen LogP contribution in [0.5, 0.6) is 0 Å². The molecule has 1 heterocycles. The van der Waals surface area contributed by atoms with Crippen molar-refractivity contribution in [2.24, 2.45) is 11.8 Å². The second-order valence-electron chi connectivity index (χ2n) is 7.59. The van der Waals surface area contributed by atoms with E-state index in [-0.39, 0.29) is 24.9 Å². The molecule has 0 unspecified atom stereocenters. The van der Waals surface area contributed by atoms with E-state index in [1.807, 2.05) is 13.8 Å². The van der Waals surface area contributed by atoms with Crippen molar-refractivity contribution in [1.82, 2.24) is 10.6 Å². The zero-order chi connectivity index (χ0) is 19.9. The van der Waals surface area contributed by atoms with Gasteiger partial charge in [0.15, 0.2) is 0 Å². The first kappa shape index (κ1) is 21.7. The van der Waals surface area contributed by atoms with Crippen LogP contribution in [0.1, 0.15) is 47.5 Å². The number of carbonyl (C=O) groups excluding carboxylic acids is 4. The highest BCUT2D eigenvalue weighted by Gasteiger charge is 2.34. The number of hydrogen-bond acceptors (Lipinski definition) is 7. The summed E-state index contributed by atoms with van der Waals surface area (Å²) in [7, 11) is 0. The molecule has 9 nitrogen and oxygen atoms in total. The third-order valence-corrected chi connectivity index (χ3v) is 3.38. The highest BCUT2D eigenvalue weighted by atomic mass is 16.7. The SMILES string of the molecule is CC(C)COC(=O)OC(=O)[C@H](C[C@@H]1CCNC1=O)NC(=O)OC(C)(C)C. The summed E-state index contributed by atoms with van der Waals surface area (Å²) in [5, 5.41) is 5.02. The van der Waals surface area contributed by atoms with Gasteiger partial charge in [0.1, 0.15) is 11.6 Å². The molecule has 2 N–H and O–H groups in total. The van der Waals surface area contributed by atoms with E-state index in [0.717, 1.165) is 0 Å². The molecule has 0 bridgehead atoms. The van der Waals surface area contributed by atoms with E-state index >= 15 is 0 Å². The molecule has 2 atom stereocenters. The van der Waals surface area contributed by atoms with Crippen LogP contribution in [0.3, 0.4) is 0 Å². The minimum atomic E-state index is -1.20. The fourth-order valence-electron chi connectivity index (χ4n) is 2.24. The Balaban J connectivity index is 2.72. The molecular weight excluding hydrogens is 344 g/mol. The number of amides is 2. The second kappa shape index (κ2) is 9.40. The smallest absolute Gasteiger partial charge is 0.444 e. The Hall–Kier alpha value is -2.32. The summed E-state index contributed by atoms with van der Waals surface area (Å²) in [4.78, 5) is 47.6. The summed E-state index contributed by atoms with van der Waals surface area (Å²) in [5.41, 5.74) is -0.764. The highest BCUT2D eigenvalue weighted by Crippen LogP contribution is 2.18. The van der Waals surface area contributed by atoms with Crippen LogP contribution < -0.4 is 10.6 Å². The molecule has 0 radical (unpaired) electrons. The summed E-state index contributed by atoms with van der Waals surface area (Å²) >= 11 is 0. The average Bonchev–Trinajstić information content (AvgIpc) is 2.87. The lowest BCUT2D eigenvalue weighted by molar-refractivity contribution is -0.143. The Morgan fingerprint density at radius 1 is 1.27 bits per heavy atom. The largest absolute Gasteiger partial charge is 0.516 e. The number of carbonyl (C=O) groups is 4. The van der Waals surface area contributed by atoms with Crippen molar-refractivity contribution in [3.05, 3.63) is 0 Å². The highest BCUT2D eigenvalue weighted by molar-refractivity contribution is 5.89. The van der Waals surface area contributed by atoms with Crippen LogP contribution in [0.4, 0.5) is 9.59 Å². The van der Waals surface area contributed by atoms with Gasteiger partial charge in [0.05, 0.1) is 6.61 Å². The lowest BCUT2D eigenvalue weighted by Crippen LogP contribution is -2.46. The third-order valence-electron chi connectivity index (χ3n) is 3.38. The molecule has 2 amide bonds. The number of rotatable bonds is 6. The molecule has 1 rings (SSSR count). The molecule has 1 aliphatic heterocycles. The van der Waals surface area contributed by atoms with Gasteiger partial charge < -0.3 is 24.8 Å². The van der Waals surface area contributed by atoms with Gasteiger partial charge in [0.2, 0.25) is 5.91 Å². The molecule has 0 saturated carbocycles. The van der Waals surface area contributed by atoms with Crippen molar-refractivity contribution < 1.29 is 33.4 Å². The summed E-state index contributed by atoms with van der Waals surface area (Å²) in [6, 6.07) is -1.20. The van der Waals surface area contributed by atoms with Crippen molar-refractivity contribution >= 4 is 24.1 Å². The van der Waals surface area contributed by atoms with Crippen molar-refractivity contribution in [3.63, 3.8) is 0 Å². The second-order valence-corrected chi connectivity index (χ2v) is 7.59. The minimum absolute atomic E-state index is 0.00136. The Labute approximate surface area is 153 Å². The monoisotopic (exact) mass is 372 g/mol. The van der Waals surface area contributed by atoms with Crippen molar-refractivity contribution in [2.45, 2.75) is 59.1 Å². The molecule has 9 heteroatoms. The van der Waals surface area contributed by atoms with Gasteiger partial charge in [-0.3, -0.25) is 4.79 Å². The molecule has 0 aliphatic carbocycles. The van der Waals surface area contributed by atoms with Crippen LogP contribution in [0.15, 0.2) is 0 Å². The molecular formula is C17H28N2O7. The normalized spacial score (nSPS) is 18.1. The predicted molar refractivity (Wildman–Crippen MR) is 91.2 cm³/mol. The lowest BCUT2D eigenvalue weighted by Gasteiger charge is -2.23. The van der Waals surface area contributed by atoms with Crippen LogP contribution in [-0.4, -0.2) is 48.9 Å². The van der Waals surface area contributed by atoms with E-state index in [1.54, 1.807) is 20.8 Å². The maximum absolute atomic E-state index is 12.3. The number of alkyl carbamates (subject to hydrolysis) is 1. The molecule has 0 aromatic heterocycles. The molecule has 1 fully saturated rings. The maximum atomic E-state index is 12.3. The van der Waals surface area contributed by atoms with Crippen molar-refractivity contribution in [3.8, 4) is 0 Å². The summed E-state index contributed by atoms with van der Waals surface area (Å²) < 4.78 is 14.6. The van der Waals surface area contributed by atoms with Gasteiger partial charge in [0, 0.05) is 12.5 Å². The first-order valence-electron chi connectivity index (χ1n) is 8.63. The minimum Gasteiger partial charge on any atom is -0.444 e. The van der Waals surface area contributed by atoms with Crippen LogP contribution >= 0.6 is 0 Å². The first-order chi connectivity index (χ1) is 12.0. The number of nitrogens with one attached hydrogen (secondary N) is 2. The zero-order valence-corrected chi connectivity index (χ0v) is 15.9. The van der Waals surface area contributed by atoms with E-state index in [1.165, 1.54) is 0 Å². The van der Waals surface area contributed by atoms with Gasteiger partial charge in [-0.25, -0.2) is 14.4 Å². The zero-order valence-electron chi connectivity index (χ0n) is 15.9. The lowest BCUT2D eigenvalue weighted by atomic mass is 9.98. The first-order valence-corrected chi connectivity index (χ1v) is 8.63. The Morgan fingerprint density at radius 3 is 2.42 bits per heavy atom. The average molecular weight is 372 g/mol. The number of hydrogen-bond donors (Lipinski definition) is 2. The summed E-state index contributed by atoms with van der Waals surface area (Å²) in [5.74, 6) is -1.59. The number of ether oxygens (including phenoxy) is 3. The molecule has 148 valence electrons. The maximum Gasteiger partial charge on any atom is 0.516 e. The third kappa shape index (κ3) is 8.17. The summed E-state index contributed by atoms with van der Waals surface area (Å²) in [6.45, 7) is 9.28. The van der Waals surface area contributed by atoms with Gasteiger partial charge in [-0.05, 0) is 39.5 Å². The van der Waals surface area contributed by atoms with Crippen LogP contribution in [-0.2, 0) is 23.8 Å². The van der Waals surface area contributed by atoms with E-state index in [4.69, 9.17) is 9.47 Å². The molecule has 1 aliphatic rings. The quantitative estimate of drug-likeness (QED) is 0.538. The van der Waals surface area contributed by atoms with E-state index in [2.05, 4.69) is 15.4 Å². The Kier molecular flexibility index (Phi) is 7.85. The Morgan fingerprint density at radius 2 is 1.92 bits per heavy atom. The number of esters is 1. The van der Waals surface area contributed by atoms with Crippen LogP contribution in [0.25, 0.3) is 0 Å². The Bertz CT molecular complexity index is 540. The van der Waals surface area contributed by atoms with Crippen LogP contribution in [0.2, 0.25) is 0 Å². The summed E-state index contributed by atoms with van der Waals surface area (Å²) in [6.07, 6.45) is -1.46. The molecule has 0 aromatic rings. The van der Waals surface area contributed by atoms with Gasteiger partial charge in [-0.15, -0.1) is 0 Å². The van der Waals surface area contributed by atoms with E-state index in [0.29, 0.717) is 13.0 Å². The molecule has 1 saturated heterocycles. The fourth-order valence-corrected chi connectivity index (χ4v) is 2.24. The van der Waals surface area contributed by atoms with Crippen LogP contribution in [0, 0.1) is 11.8 Å². The van der Waals surface area contributed by atoms with Crippen molar-refractivity contribution in [2.75, 3.05) is 13.2 Å². The van der Waals surface area contributed by atoms with Gasteiger partial charge in [-0.2, -0.15) is 0 Å². The van der Waals surface area contributed by atoms with E-state index in [9.17, 15) is 19.2 Å². The molecule has 26 heavy (non-hydrogen) atoms. The topological polar surface area (TPSA) is 120 Å². The standard InChI is InChI=1S/C17H28N2O7/c1-10(2)9-24-16(23)25-14(21)12(8-11-6-7-18-13(11)20)19-15(22)26-17(3,4)5/h10-12H,6-9H2,1-5H3,(H,18,20)(H,19,22)/t11-,12-/m0/s1. The molecule has 0 spiro atoms. The van der Waals surface area contributed by atoms with Gasteiger partial charge in [0.25, 0.3) is 0 Å².